The molecule has 13 heteroatoms. The Morgan fingerprint density at radius 3 is 2.65 bits per heavy atom. The van der Waals surface area contributed by atoms with Crippen molar-refractivity contribution < 1.29 is 31.3 Å². The molecule has 2 unspecified atom stereocenters. The monoisotopic (exact) mass is 572 g/mol. The Morgan fingerprint density at radius 1 is 1.18 bits per heavy atom. The van der Waals surface area contributed by atoms with Gasteiger partial charge in [0.2, 0.25) is 13.0 Å². The Bertz CT molecular complexity index is 1770. The Hall–Kier alpha value is -4.13. The lowest BCUT2D eigenvalue weighted by molar-refractivity contribution is -0.586. The molecule has 3 heterocycles. The second-order valence-corrected chi connectivity index (χ2v) is 11.2. The maximum atomic E-state index is 14.3. The maximum absolute atomic E-state index is 14.3. The van der Waals surface area contributed by atoms with Gasteiger partial charge in [0.1, 0.15) is 23.0 Å². The van der Waals surface area contributed by atoms with Gasteiger partial charge in [-0.15, -0.1) is 0 Å². The Balaban J connectivity index is 1.52. The molecule has 0 fully saturated rings. The van der Waals surface area contributed by atoms with Crippen molar-refractivity contribution in [3.8, 4) is 0 Å². The molecular formula is C27H22F4N5O3S+. The lowest BCUT2D eigenvalue weighted by Crippen LogP contribution is -2.34. The molecule has 206 valence electrons. The fourth-order valence-electron chi connectivity index (χ4n) is 5.53. The van der Waals surface area contributed by atoms with Crippen molar-refractivity contribution in [2.24, 2.45) is 7.05 Å². The molecule has 2 atom stereocenters. The van der Waals surface area contributed by atoms with Crippen LogP contribution in [0.15, 0.2) is 47.4 Å². The van der Waals surface area contributed by atoms with E-state index in [9.17, 15) is 31.5 Å². The molecule has 40 heavy (non-hydrogen) atoms. The molecule has 2 amide bonds. The third-order valence-corrected chi connectivity index (χ3v) is 8.66. The predicted octanol–water partition coefficient (Wildman–Crippen LogP) is 5.47. The summed E-state index contributed by atoms with van der Waals surface area (Å²) in [7, 11) is -0.141. The minimum atomic E-state index is -2.67. The fraction of sp³-hybridized carbons (Fsp3) is 0.259. The highest BCUT2D eigenvalue weighted by atomic mass is 32.2. The van der Waals surface area contributed by atoms with Crippen LogP contribution < -0.4 is 10.2 Å². The van der Waals surface area contributed by atoms with Crippen molar-refractivity contribution in [1.82, 2.24) is 9.78 Å². The average molecular weight is 573 g/mol. The molecule has 6 rings (SSSR count). The number of hydrogen-bond donors (Lipinski definition) is 1. The molecule has 0 aliphatic carbocycles. The number of carbonyl (C=O) groups excluding carboxylic acids is 1. The molecular weight excluding hydrogens is 550 g/mol. The fourth-order valence-corrected chi connectivity index (χ4v) is 6.82. The molecule has 0 saturated heterocycles. The molecule has 0 saturated carbocycles. The largest absolute Gasteiger partial charge is 0.327 e. The van der Waals surface area contributed by atoms with Crippen LogP contribution in [0.25, 0.3) is 10.9 Å². The van der Waals surface area contributed by atoms with Crippen molar-refractivity contribution in [3.63, 3.8) is 0 Å². The summed E-state index contributed by atoms with van der Waals surface area (Å²) in [5, 5.41) is 7.54. The molecule has 0 bridgehead atoms. The van der Waals surface area contributed by atoms with Gasteiger partial charge in [-0.3, -0.25) is 13.8 Å². The van der Waals surface area contributed by atoms with Gasteiger partial charge in [-0.25, -0.2) is 22.4 Å². The zero-order valence-corrected chi connectivity index (χ0v) is 22.1. The van der Waals surface area contributed by atoms with Crippen molar-refractivity contribution in [1.29, 1.82) is 0 Å². The van der Waals surface area contributed by atoms with Crippen molar-refractivity contribution in [3.05, 3.63) is 87.0 Å². The number of amides is 2. The normalized spacial score (nSPS) is 18.1. The molecule has 3 aromatic carbocycles. The zero-order chi connectivity index (χ0) is 28.5. The van der Waals surface area contributed by atoms with Crippen LogP contribution in [0.1, 0.15) is 34.0 Å². The molecule has 0 spiro atoms. The number of alkyl halides is 2. The first-order valence-electron chi connectivity index (χ1n) is 12.3. The molecule has 8 nitrogen and oxygen atoms in total. The van der Waals surface area contributed by atoms with Crippen LogP contribution in [0.2, 0.25) is 0 Å². The first-order valence-corrected chi connectivity index (χ1v) is 13.6. The van der Waals surface area contributed by atoms with Crippen LogP contribution in [-0.2, 0) is 30.8 Å². The van der Waals surface area contributed by atoms with Gasteiger partial charge < -0.3 is 5.32 Å². The third kappa shape index (κ3) is 4.15. The summed E-state index contributed by atoms with van der Waals surface area (Å²) in [5.41, 5.74) is 2.80. The van der Waals surface area contributed by atoms with Crippen LogP contribution in [0.4, 0.5) is 33.7 Å². The van der Waals surface area contributed by atoms with Crippen molar-refractivity contribution >= 4 is 39.1 Å². The number of halogens is 4. The van der Waals surface area contributed by atoms with Crippen molar-refractivity contribution in [2.45, 2.75) is 37.3 Å². The number of nitrogens with one attached hydrogen (secondary N) is 1. The Labute approximate surface area is 227 Å². The third-order valence-electron chi connectivity index (χ3n) is 7.35. The van der Waals surface area contributed by atoms with Gasteiger partial charge in [0.15, 0.2) is 0 Å². The number of benzene rings is 3. The highest BCUT2D eigenvalue weighted by Crippen LogP contribution is 2.45. The van der Waals surface area contributed by atoms with Gasteiger partial charge in [-0.2, -0.15) is 5.10 Å². The lowest BCUT2D eigenvalue weighted by atomic mass is 9.92. The lowest BCUT2D eigenvalue weighted by Gasteiger charge is -2.19. The van der Waals surface area contributed by atoms with E-state index in [1.807, 2.05) is 0 Å². The number of nitroso groups, excluding NO2 is 1. The van der Waals surface area contributed by atoms with Gasteiger partial charge in [-0.05, 0) is 48.9 Å². The van der Waals surface area contributed by atoms with Gasteiger partial charge in [0, 0.05) is 27.7 Å². The number of carbonyl (C=O) groups is 1. The van der Waals surface area contributed by atoms with E-state index < -0.39 is 47.4 Å². The van der Waals surface area contributed by atoms with Crippen molar-refractivity contribution in [2.75, 3.05) is 16.1 Å². The molecule has 0 radical (unpaired) electrons. The summed E-state index contributed by atoms with van der Waals surface area (Å²) in [4.78, 5) is 28.3. The molecule has 2 aliphatic rings. The number of hydrogen-bond acceptors (Lipinski definition) is 4. The number of aromatic nitrogens is 2. The first-order chi connectivity index (χ1) is 19.0. The van der Waals surface area contributed by atoms with E-state index in [2.05, 4.69) is 10.4 Å². The maximum Gasteiger partial charge on any atom is 0.327 e. The number of nitrogens with zero attached hydrogens (tertiary/aromatic N) is 4. The SMILES string of the molecule is Cc1ccc(F)cc1C1c2c(NC(=O)N3CS(=O)c4cc(F)ccc43)cc3c(CC(F)F)n(C)nc3c2C[N+]1=O. The highest BCUT2D eigenvalue weighted by Gasteiger charge is 2.45. The number of fused-ring (bicyclic) bond motifs is 4. The van der Waals surface area contributed by atoms with E-state index in [4.69, 9.17) is 0 Å². The molecule has 1 N–H and O–H groups in total. The summed E-state index contributed by atoms with van der Waals surface area (Å²) in [6.07, 6.45) is -3.27. The van der Waals surface area contributed by atoms with E-state index in [0.29, 0.717) is 33.2 Å². The van der Waals surface area contributed by atoms with E-state index in [0.717, 1.165) is 16.9 Å². The zero-order valence-electron chi connectivity index (χ0n) is 21.3. The summed E-state index contributed by atoms with van der Waals surface area (Å²) in [6, 6.07) is 7.45. The standard InChI is InChI=1S/C27H21F4N5O3S/c1-13-3-4-14(28)7-16(13)26-24-18(11-36(26)38)25-17(21(10-23(30)31)34(2)33-25)9-19(24)32-27(37)35-12-40(39)22-8-15(29)5-6-20(22)35/h3-9,23,26H,10-12H2,1-2H3/p+1. The quantitative estimate of drug-likeness (QED) is 0.260. The van der Waals surface area contributed by atoms with Crippen LogP contribution in [0.5, 0.6) is 0 Å². The second kappa shape index (κ2) is 9.51. The number of anilines is 2. The van der Waals surface area contributed by atoms with Gasteiger partial charge in [0.05, 0.1) is 50.3 Å². The second-order valence-electron chi connectivity index (χ2n) is 9.80. The minimum absolute atomic E-state index is 0.157. The Morgan fingerprint density at radius 2 is 1.90 bits per heavy atom. The summed E-state index contributed by atoms with van der Waals surface area (Å²) >= 11 is 0. The molecule has 1 aromatic heterocycles. The molecule has 2 aliphatic heterocycles. The van der Waals surface area contributed by atoms with Gasteiger partial charge >= 0.3 is 6.03 Å². The molecule has 4 aromatic rings. The Kier molecular flexibility index (Phi) is 6.21. The predicted molar refractivity (Wildman–Crippen MR) is 140 cm³/mol. The summed E-state index contributed by atoms with van der Waals surface area (Å²) in [5.74, 6) is -1.36. The van der Waals surface area contributed by atoms with Gasteiger partial charge in [-0.1, -0.05) is 6.07 Å². The van der Waals surface area contributed by atoms with Crippen LogP contribution in [0, 0.1) is 23.5 Å². The van der Waals surface area contributed by atoms with E-state index in [1.54, 1.807) is 13.0 Å². The number of rotatable bonds is 4. The number of urea groups is 1. The van der Waals surface area contributed by atoms with Crippen LogP contribution >= 0.6 is 0 Å². The summed E-state index contributed by atoms with van der Waals surface area (Å²) < 4.78 is 69.7. The highest BCUT2D eigenvalue weighted by molar-refractivity contribution is 7.85. The van der Waals surface area contributed by atoms with E-state index >= 15 is 0 Å². The van der Waals surface area contributed by atoms with E-state index in [1.165, 1.54) is 40.9 Å². The topological polar surface area (TPSA) is 87.3 Å². The minimum Gasteiger partial charge on any atom is -0.307 e. The number of aryl methyl sites for hydroxylation is 2. The first kappa shape index (κ1) is 26.1. The average Bonchev–Trinajstić information content (AvgIpc) is 3.52. The van der Waals surface area contributed by atoms with Gasteiger partial charge in [0.25, 0.3) is 6.04 Å². The summed E-state index contributed by atoms with van der Waals surface area (Å²) in [6.45, 7) is 1.56. The smallest absolute Gasteiger partial charge is 0.307 e. The van der Waals surface area contributed by atoms with Crippen LogP contribution in [-0.4, -0.2) is 37.1 Å². The van der Waals surface area contributed by atoms with E-state index in [-0.39, 0.29) is 34.4 Å². The van der Waals surface area contributed by atoms with Crippen LogP contribution in [0.3, 0.4) is 0 Å².